The van der Waals surface area contributed by atoms with Gasteiger partial charge in [-0.25, -0.2) is 19.2 Å². The fourth-order valence-corrected chi connectivity index (χ4v) is 3.92. The highest BCUT2D eigenvalue weighted by Gasteiger charge is 2.50. The Labute approximate surface area is 155 Å². The molecule has 27 heavy (non-hydrogen) atoms. The standard InChI is InChI=1S/C19H20O8/c1-24-15(20)10-9-11-13(14(17(22)26-3)12(10)16(21)25-2)18(23)27-19(11)7-5-4-6-8-19/h9H,4-8H2,1-3H3. The Morgan fingerprint density at radius 1 is 0.889 bits per heavy atom. The van der Waals surface area contributed by atoms with Gasteiger partial charge in [0.15, 0.2) is 0 Å². The van der Waals surface area contributed by atoms with E-state index < -0.39 is 29.5 Å². The highest BCUT2D eigenvalue weighted by atomic mass is 16.6. The Kier molecular flexibility index (Phi) is 4.91. The summed E-state index contributed by atoms with van der Waals surface area (Å²) in [5.41, 5.74) is -1.39. The van der Waals surface area contributed by atoms with E-state index in [0.717, 1.165) is 40.6 Å². The first-order chi connectivity index (χ1) is 12.9. The maximum absolute atomic E-state index is 12.7. The van der Waals surface area contributed by atoms with Crippen LogP contribution in [0.3, 0.4) is 0 Å². The van der Waals surface area contributed by atoms with Crippen LogP contribution in [0.4, 0.5) is 0 Å². The molecule has 0 radical (unpaired) electrons. The Bertz CT molecular complexity index is 833. The number of esters is 4. The second kappa shape index (κ2) is 7.02. The van der Waals surface area contributed by atoms with Crippen LogP contribution in [0.5, 0.6) is 0 Å². The molecule has 1 aliphatic carbocycles. The van der Waals surface area contributed by atoms with E-state index in [9.17, 15) is 19.2 Å². The molecule has 1 heterocycles. The van der Waals surface area contributed by atoms with Crippen molar-refractivity contribution in [3.05, 3.63) is 33.9 Å². The van der Waals surface area contributed by atoms with Crippen molar-refractivity contribution in [3.63, 3.8) is 0 Å². The Hall–Kier alpha value is -2.90. The van der Waals surface area contributed by atoms with Gasteiger partial charge in [0.2, 0.25) is 0 Å². The maximum Gasteiger partial charge on any atom is 0.340 e. The van der Waals surface area contributed by atoms with Crippen molar-refractivity contribution in [3.8, 4) is 0 Å². The lowest BCUT2D eigenvalue weighted by Crippen LogP contribution is -2.29. The number of hydrogen-bond donors (Lipinski definition) is 0. The first kappa shape index (κ1) is 18.9. The number of carbonyl (C=O) groups excluding carboxylic acids is 4. The van der Waals surface area contributed by atoms with Crippen molar-refractivity contribution >= 4 is 23.9 Å². The van der Waals surface area contributed by atoms with Gasteiger partial charge in [-0.15, -0.1) is 0 Å². The van der Waals surface area contributed by atoms with E-state index in [1.54, 1.807) is 0 Å². The second-order valence-corrected chi connectivity index (χ2v) is 6.52. The van der Waals surface area contributed by atoms with Crippen molar-refractivity contribution in [2.45, 2.75) is 37.7 Å². The molecule has 144 valence electrons. The lowest BCUT2D eigenvalue weighted by molar-refractivity contribution is -0.0281. The fraction of sp³-hybridized carbons (Fsp3) is 0.474. The lowest BCUT2D eigenvalue weighted by Gasteiger charge is -2.33. The van der Waals surface area contributed by atoms with Crippen LogP contribution in [-0.4, -0.2) is 45.2 Å². The van der Waals surface area contributed by atoms with Gasteiger partial charge in [0, 0.05) is 5.56 Å². The molecule has 1 spiro atoms. The zero-order valence-corrected chi connectivity index (χ0v) is 15.4. The van der Waals surface area contributed by atoms with Crippen LogP contribution in [0.25, 0.3) is 0 Å². The van der Waals surface area contributed by atoms with Crippen molar-refractivity contribution in [2.75, 3.05) is 21.3 Å². The molecule has 8 heteroatoms. The topological polar surface area (TPSA) is 105 Å². The summed E-state index contributed by atoms with van der Waals surface area (Å²) >= 11 is 0. The minimum absolute atomic E-state index is 0.0446. The number of fused-ring (bicyclic) bond motifs is 2. The summed E-state index contributed by atoms with van der Waals surface area (Å²) in [6.07, 6.45) is 3.83. The number of ether oxygens (including phenoxy) is 4. The summed E-state index contributed by atoms with van der Waals surface area (Å²) in [4.78, 5) is 49.9. The van der Waals surface area contributed by atoms with Crippen molar-refractivity contribution < 1.29 is 38.1 Å². The highest BCUT2D eigenvalue weighted by Crippen LogP contribution is 2.49. The van der Waals surface area contributed by atoms with E-state index in [2.05, 4.69) is 0 Å². The zero-order valence-electron chi connectivity index (χ0n) is 15.4. The van der Waals surface area contributed by atoms with Gasteiger partial charge in [-0.05, 0) is 31.7 Å². The molecule has 2 aliphatic rings. The Morgan fingerprint density at radius 2 is 1.44 bits per heavy atom. The van der Waals surface area contributed by atoms with Crippen LogP contribution < -0.4 is 0 Å². The monoisotopic (exact) mass is 376 g/mol. The fourth-order valence-electron chi connectivity index (χ4n) is 3.92. The number of benzene rings is 1. The molecular formula is C19H20O8. The molecule has 1 aromatic rings. The van der Waals surface area contributed by atoms with Gasteiger partial charge < -0.3 is 18.9 Å². The third kappa shape index (κ3) is 2.85. The predicted octanol–water partition coefficient (Wildman–Crippen LogP) is 2.38. The number of carbonyl (C=O) groups is 4. The van der Waals surface area contributed by atoms with Crippen LogP contribution in [0, 0.1) is 0 Å². The van der Waals surface area contributed by atoms with Crippen molar-refractivity contribution in [1.29, 1.82) is 0 Å². The summed E-state index contributed by atoms with van der Waals surface area (Å²) in [5.74, 6) is -3.42. The molecular weight excluding hydrogens is 356 g/mol. The molecule has 0 unspecified atom stereocenters. The van der Waals surface area contributed by atoms with Crippen LogP contribution >= 0.6 is 0 Å². The molecule has 1 fully saturated rings. The highest BCUT2D eigenvalue weighted by molar-refractivity contribution is 6.16. The summed E-state index contributed by atoms with van der Waals surface area (Å²) < 4.78 is 20.0. The molecule has 0 N–H and O–H groups in total. The third-order valence-corrected chi connectivity index (χ3v) is 5.16. The summed E-state index contributed by atoms with van der Waals surface area (Å²) in [6.45, 7) is 0. The predicted molar refractivity (Wildman–Crippen MR) is 90.6 cm³/mol. The second-order valence-electron chi connectivity index (χ2n) is 6.52. The van der Waals surface area contributed by atoms with E-state index in [4.69, 9.17) is 18.9 Å². The normalized spacial score (nSPS) is 17.1. The lowest BCUT2D eigenvalue weighted by atomic mass is 9.77. The molecule has 0 atom stereocenters. The molecule has 0 aromatic heterocycles. The number of hydrogen-bond acceptors (Lipinski definition) is 8. The van der Waals surface area contributed by atoms with E-state index in [-0.39, 0.29) is 22.3 Å². The van der Waals surface area contributed by atoms with Crippen LogP contribution in [0.1, 0.15) is 79.1 Å². The average molecular weight is 376 g/mol. The molecule has 1 aromatic carbocycles. The van der Waals surface area contributed by atoms with E-state index in [1.807, 2.05) is 0 Å². The van der Waals surface area contributed by atoms with Gasteiger partial charge in [0.25, 0.3) is 0 Å². The van der Waals surface area contributed by atoms with Gasteiger partial charge >= 0.3 is 23.9 Å². The minimum Gasteiger partial charge on any atom is -0.465 e. The van der Waals surface area contributed by atoms with Crippen molar-refractivity contribution in [2.24, 2.45) is 0 Å². The molecule has 8 nitrogen and oxygen atoms in total. The largest absolute Gasteiger partial charge is 0.465 e. The minimum atomic E-state index is -0.948. The SMILES string of the molecule is COC(=O)c1cc2c(c(C(=O)OC)c1C(=O)OC)C(=O)OC21CCCCC1. The van der Waals surface area contributed by atoms with E-state index in [1.165, 1.54) is 6.07 Å². The van der Waals surface area contributed by atoms with Gasteiger partial charge in [-0.1, -0.05) is 6.42 Å². The summed E-state index contributed by atoms with van der Waals surface area (Å²) in [7, 11) is 3.39. The van der Waals surface area contributed by atoms with Crippen LogP contribution in [0.15, 0.2) is 6.07 Å². The quantitative estimate of drug-likeness (QED) is 0.585. The van der Waals surface area contributed by atoms with Gasteiger partial charge in [-0.3, -0.25) is 0 Å². The van der Waals surface area contributed by atoms with E-state index >= 15 is 0 Å². The third-order valence-electron chi connectivity index (χ3n) is 5.16. The van der Waals surface area contributed by atoms with Crippen molar-refractivity contribution in [1.82, 2.24) is 0 Å². The Morgan fingerprint density at radius 3 is 2.00 bits per heavy atom. The molecule has 3 rings (SSSR count). The Balaban J connectivity index is 2.39. The van der Waals surface area contributed by atoms with Crippen LogP contribution in [0.2, 0.25) is 0 Å². The van der Waals surface area contributed by atoms with Gasteiger partial charge in [-0.2, -0.15) is 0 Å². The van der Waals surface area contributed by atoms with E-state index in [0.29, 0.717) is 18.4 Å². The zero-order chi connectivity index (χ0) is 19.8. The summed E-state index contributed by atoms with van der Waals surface area (Å²) in [6, 6.07) is 1.41. The summed E-state index contributed by atoms with van der Waals surface area (Å²) in [5, 5.41) is 0. The van der Waals surface area contributed by atoms with Gasteiger partial charge in [0.05, 0.1) is 43.6 Å². The molecule has 0 saturated heterocycles. The number of rotatable bonds is 3. The molecule has 1 saturated carbocycles. The smallest absolute Gasteiger partial charge is 0.340 e. The first-order valence-electron chi connectivity index (χ1n) is 8.60. The molecule has 0 bridgehead atoms. The molecule has 0 amide bonds. The number of methoxy groups -OCH3 is 3. The molecule has 1 aliphatic heterocycles. The maximum atomic E-state index is 12.7. The van der Waals surface area contributed by atoms with Crippen LogP contribution in [-0.2, 0) is 24.5 Å². The van der Waals surface area contributed by atoms with Gasteiger partial charge in [0.1, 0.15) is 5.60 Å². The average Bonchev–Trinajstić information content (AvgIpc) is 2.96. The first-order valence-corrected chi connectivity index (χ1v) is 8.60.